The highest BCUT2D eigenvalue weighted by Gasteiger charge is 2.39. The smallest absolute Gasteiger partial charge is 0.257 e. The van der Waals surface area contributed by atoms with Crippen LogP contribution in [-0.2, 0) is 10.3 Å². The summed E-state index contributed by atoms with van der Waals surface area (Å²) >= 11 is 12.7. The first-order chi connectivity index (χ1) is 22.7. The third kappa shape index (κ3) is 6.00. The van der Waals surface area contributed by atoms with Crippen molar-refractivity contribution in [2.75, 3.05) is 44.7 Å². The van der Waals surface area contributed by atoms with Gasteiger partial charge in [-0.3, -0.25) is 14.5 Å². The first-order valence-electron chi connectivity index (χ1n) is 16.1. The van der Waals surface area contributed by atoms with Crippen LogP contribution in [0.1, 0.15) is 73.2 Å². The number of benzene rings is 2. The van der Waals surface area contributed by atoms with Gasteiger partial charge in [-0.2, -0.15) is 5.10 Å². The molecule has 2 aromatic heterocycles. The molecule has 1 unspecified atom stereocenters. The van der Waals surface area contributed by atoms with Crippen molar-refractivity contribution in [3.8, 4) is 11.4 Å². The molecule has 47 heavy (non-hydrogen) atoms. The van der Waals surface area contributed by atoms with Crippen LogP contribution in [0.2, 0.25) is 10.0 Å². The van der Waals surface area contributed by atoms with Crippen molar-refractivity contribution in [1.82, 2.24) is 34.6 Å². The van der Waals surface area contributed by atoms with E-state index in [1.165, 1.54) is 0 Å². The minimum Gasteiger partial charge on any atom is -0.497 e. The number of piperazine rings is 1. The quantitative estimate of drug-likeness (QED) is 0.235. The van der Waals surface area contributed by atoms with Crippen LogP contribution in [0.3, 0.4) is 0 Å². The van der Waals surface area contributed by atoms with Crippen LogP contribution in [-0.4, -0.2) is 86.2 Å². The minimum atomic E-state index is -0.448. The molecule has 3 aliphatic rings. The maximum atomic E-state index is 13.9. The van der Waals surface area contributed by atoms with E-state index in [0.29, 0.717) is 54.8 Å². The Kier molecular flexibility index (Phi) is 8.48. The summed E-state index contributed by atoms with van der Waals surface area (Å²) in [6, 6.07) is 12.5. The molecule has 2 aliphatic heterocycles. The van der Waals surface area contributed by atoms with Gasteiger partial charge < -0.3 is 14.5 Å². The Morgan fingerprint density at radius 1 is 0.979 bits per heavy atom. The van der Waals surface area contributed by atoms with Crippen LogP contribution in [0, 0.1) is 0 Å². The summed E-state index contributed by atoms with van der Waals surface area (Å²) in [6.07, 6.45) is 7.20. The second-order valence-electron chi connectivity index (χ2n) is 13.0. The molecule has 0 spiro atoms. The summed E-state index contributed by atoms with van der Waals surface area (Å²) in [5, 5.41) is 14.6. The molecule has 1 atom stereocenters. The predicted molar refractivity (Wildman–Crippen MR) is 180 cm³/mol. The largest absolute Gasteiger partial charge is 0.497 e. The van der Waals surface area contributed by atoms with E-state index in [4.69, 9.17) is 27.9 Å². The summed E-state index contributed by atoms with van der Waals surface area (Å²) in [6.45, 7) is 7.41. The Morgan fingerprint density at radius 2 is 1.72 bits per heavy atom. The van der Waals surface area contributed by atoms with Gasteiger partial charge in [0, 0.05) is 49.4 Å². The van der Waals surface area contributed by atoms with Gasteiger partial charge in [0.05, 0.1) is 47.0 Å². The van der Waals surface area contributed by atoms with E-state index in [2.05, 4.69) is 34.2 Å². The first kappa shape index (κ1) is 31.7. The Labute approximate surface area is 284 Å². The van der Waals surface area contributed by atoms with Crippen molar-refractivity contribution >= 4 is 40.7 Å². The second kappa shape index (κ2) is 12.6. The number of anilines is 1. The fourth-order valence-electron chi connectivity index (χ4n) is 6.75. The normalized spacial score (nSPS) is 19.3. The molecule has 4 aromatic rings. The van der Waals surface area contributed by atoms with Gasteiger partial charge in [-0.05, 0) is 82.0 Å². The standard InChI is InChI=1S/C34H38Cl2N8O3/c1-34(2,30-21-43(39-38-30)29-5-4-14-42(33(29)46)24-9-11-25(47-3)12-10-24)41-17-15-40(16-18-41)32(45)26-20-37-44(31(26)22-6-7-22)28-13-8-23(35)19-27(28)36/h8-13,19-22,29H,4-7,14-18H2,1-3H3. The number of piperidine rings is 1. The van der Waals surface area contributed by atoms with Crippen LogP contribution in [0.4, 0.5) is 5.69 Å². The Bertz CT molecular complexity index is 1790. The average Bonchev–Trinajstić information content (AvgIpc) is 3.61. The number of aromatic nitrogens is 5. The van der Waals surface area contributed by atoms with Crippen molar-refractivity contribution in [3.05, 3.63) is 81.9 Å². The molecule has 2 saturated heterocycles. The molecule has 0 N–H and O–H groups in total. The first-order valence-corrected chi connectivity index (χ1v) is 16.9. The van der Waals surface area contributed by atoms with E-state index in [1.54, 1.807) is 34.8 Å². The van der Waals surface area contributed by atoms with Gasteiger partial charge in [0.15, 0.2) is 0 Å². The molecule has 0 radical (unpaired) electrons. The molecule has 1 aliphatic carbocycles. The van der Waals surface area contributed by atoms with Gasteiger partial charge in [-0.25, -0.2) is 9.36 Å². The molecule has 7 rings (SSSR count). The summed E-state index contributed by atoms with van der Waals surface area (Å²) in [5.74, 6) is 1.03. The molecule has 3 fully saturated rings. The summed E-state index contributed by atoms with van der Waals surface area (Å²) < 4.78 is 8.80. The third-order valence-electron chi connectivity index (χ3n) is 9.75. The van der Waals surface area contributed by atoms with Crippen molar-refractivity contribution in [1.29, 1.82) is 0 Å². The molecule has 2 amide bonds. The van der Waals surface area contributed by atoms with Crippen molar-refractivity contribution in [3.63, 3.8) is 0 Å². The minimum absolute atomic E-state index is 0.00928. The molecular weight excluding hydrogens is 639 g/mol. The molecule has 246 valence electrons. The Balaban J connectivity index is 1.02. The topological polar surface area (TPSA) is 102 Å². The van der Waals surface area contributed by atoms with E-state index in [9.17, 15) is 9.59 Å². The summed E-state index contributed by atoms with van der Waals surface area (Å²) in [4.78, 5) is 33.5. The number of rotatable bonds is 8. The van der Waals surface area contributed by atoms with Gasteiger partial charge in [0.2, 0.25) is 0 Å². The van der Waals surface area contributed by atoms with Crippen LogP contribution >= 0.6 is 23.2 Å². The highest BCUT2D eigenvalue weighted by atomic mass is 35.5. The van der Waals surface area contributed by atoms with Crippen molar-refractivity contribution in [2.45, 2.75) is 57.0 Å². The number of halogens is 2. The van der Waals surface area contributed by atoms with E-state index < -0.39 is 11.6 Å². The SMILES string of the molecule is COc1ccc(N2CCCC(n3cc(C(C)(C)N4CCN(C(=O)c5cnn(-c6ccc(Cl)cc6Cl)c5C5CC5)CC4)nn3)C2=O)cc1. The summed E-state index contributed by atoms with van der Waals surface area (Å²) in [5.41, 5.74) is 3.47. The van der Waals surface area contributed by atoms with E-state index >= 15 is 0 Å². The van der Waals surface area contributed by atoms with Gasteiger partial charge in [0.1, 0.15) is 17.5 Å². The molecule has 1 saturated carbocycles. The number of amides is 2. The number of nitrogens with zero attached hydrogens (tertiary/aromatic N) is 8. The third-order valence-corrected chi connectivity index (χ3v) is 10.3. The number of carbonyl (C=O) groups excluding carboxylic acids is 2. The van der Waals surface area contributed by atoms with Crippen molar-refractivity contribution < 1.29 is 14.3 Å². The maximum absolute atomic E-state index is 13.9. The second-order valence-corrected chi connectivity index (χ2v) is 13.8. The highest BCUT2D eigenvalue weighted by Crippen LogP contribution is 2.43. The van der Waals surface area contributed by atoms with Crippen LogP contribution in [0.15, 0.2) is 54.9 Å². The number of carbonyl (C=O) groups is 2. The fourth-order valence-corrected chi connectivity index (χ4v) is 7.24. The van der Waals surface area contributed by atoms with Gasteiger partial charge >= 0.3 is 0 Å². The van der Waals surface area contributed by atoms with Gasteiger partial charge in [-0.15, -0.1) is 5.10 Å². The lowest BCUT2D eigenvalue weighted by molar-refractivity contribution is -0.123. The van der Waals surface area contributed by atoms with E-state index in [0.717, 1.165) is 47.8 Å². The summed E-state index contributed by atoms with van der Waals surface area (Å²) in [7, 11) is 1.63. The molecular formula is C34H38Cl2N8O3. The number of hydrogen-bond donors (Lipinski definition) is 0. The van der Waals surface area contributed by atoms with Crippen LogP contribution in [0.25, 0.3) is 5.69 Å². The lowest BCUT2D eigenvalue weighted by Crippen LogP contribution is -2.54. The van der Waals surface area contributed by atoms with Crippen LogP contribution in [0.5, 0.6) is 5.75 Å². The van der Waals surface area contributed by atoms with E-state index in [1.807, 2.05) is 46.3 Å². The fraction of sp³-hybridized carbons (Fsp3) is 0.441. The maximum Gasteiger partial charge on any atom is 0.257 e. The predicted octanol–water partition coefficient (Wildman–Crippen LogP) is 5.72. The zero-order valence-electron chi connectivity index (χ0n) is 26.8. The molecule has 2 aromatic carbocycles. The number of hydrogen-bond acceptors (Lipinski definition) is 7. The van der Waals surface area contributed by atoms with Crippen molar-refractivity contribution in [2.24, 2.45) is 0 Å². The molecule has 0 bridgehead atoms. The Morgan fingerprint density at radius 3 is 2.40 bits per heavy atom. The van der Waals surface area contributed by atoms with Crippen LogP contribution < -0.4 is 9.64 Å². The van der Waals surface area contributed by atoms with Gasteiger partial charge in [-0.1, -0.05) is 28.4 Å². The average molecular weight is 678 g/mol. The van der Waals surface area contributed by atoms with Gasteiger partial charge in [0.25, 0.3) is 11.8 Å². The molecule has 11 nitrogen and oxygen atoms in total. The number of methoxy groups -OCH3 is 1. The zero-order chi connectivity index (χ0) is 32.9. The molecule has 13 heteroatoms. The highest BCUT2D eigenvalue weighted by molar-refractivity contribution is 6.35. The molecule has 4 heterocycles. The Hall–Kier alpha value is -3.93. The monoisotopic (exact) mass is 676 g/mol. The van der Waals surface area contributed by atoms with E-state index in [-0.39, 0.29) is 17.7 Å². The zero-order valence-corrected chi connectivity index (χ0v) is 28.3. The number of ether oxygens (including phenoxy) is 1. The lowest BCUT2D eigenvalue weighted by Gasteiger charge is -2.43. The lowest BCUT2D eigenvalue weighted by atomic mass is 9.97.